The van der Waals surface area contributed by atoms with Gasteiger partial charge < -0.3 is 0 Å². The molecular formula is C15H21N5. The lowest BCUT2D eigenvalue weighted by Crippen LogP contribution is -2.31. The zero-order valence-electron chi connectivity index (χ0n) is 12.4. The van der Waals surface area contributed by atoms with E-state index in [2.05, 4.69) is 22.0 Å². The molecule has 1 atom stereocenters. The quantitative estimate of drug-likeness (QED) is 0.841. The molecule has 0 N–H and O–H groups in total. The number of rotatable bonds is 2. The Morgan fingerprint density at radius 3 is 2.75 bits per heavy atom. The normalized spacial score (nSPS) is 20.2. The zero-order valence-corrected chi connectivity index (χ0v) is 12.4. The van der Waals surface area contributed by atoms with Crippen LogP contribution in [0.15, 0.2) is 18.3 Å². The van der Waals surface area contributed by atoms with Crippen molar-refractivity contribution in [2.45, 2.75) is 32.2 Å². The van der Waals surface area contributed by atoms with E-state index in [9.17, 15) is 0 Å². The van der Waals surface area contributed by atoms with E-state index in [1.807, 2.05) is 30.8 Å². The molecule has 0 aromatic carbocycles. The Hall–Kier alpha value is -1.75. The van der Waals surface area contributed by atoms with Crippen molar-refractivity contribution >= 4 is 0 Å². The number of piperidine rings is 1. The lowest BCUT2D eigenvalue weighted by molar-refractivity contribution is 0.179. The molecule has 3 rings (SSSR count). The fraction of sp³-hybridized carbons (Fsp3) is 0.533. The first-order valence-corrected chi connectivity index (χ1v) is 7.19. The Morgan fingerprint density at radius 1 is 1.20 bits per heavy atom. The van der Waals surface area contributed by atoms with Gasteiger partial charge in [-0.25, -0.2) is 9.97 Å². The van der Waals surface area contributed by atoms with Crippen LogP contribution in [0.1, 0.15) is 36.8 Å². The molecule has 0 aliphatic carbocycles. The highest BCUT2D eigenvalue weighted by molar-refractivity contribution is 5.54. The monoisotopic (exact) mass is 271 g/mol. The highest BCUT2D eigenvalue weighted by Crippen LogP contribution is 2.28. The second kappa shape index (κ2) is 5.32. The molecule has 0 saturated carbocycles. The summed E-state index contributed by atoms with van der Waals surface area (Å²) in [5, 5.41) is 4.23. The lowest BCUT2D eigenvalue weighted by atomic mass is 10.0. The number of likely N-dealkylation sites (tertiary alicyclic amines) is 1. The molecule has 2 aromatic heterocycles. The predicted molar refractivity (Wildman–Crippen MR) is 78.2 cm³/mol. The van der Waals surface area contributed by atoms with Crippen LogP contribution in [0.5, 0.6) is 0 Å². The molecular weight excluding hydrogens is 250 g/mol. The van der Waals surface area contributed by atoms with E-state index in [-0.39, 0.29) is 0 Å². The first-order chi connectivity index (χ1) is 9.65. The van der Waals surface area contributed by atoms with Crippen LogP contribution in [0.2, 0.25) is 0 Å². The van der Waals surface area contributed by atoms with Crippen LogP contribution < -0.4 is 0 Å². The first-order valence-electron chi connectivity index (χ1n) is 7.19. The van der Waals surface area contributed by atoms with Crippen molar-refractivity contribution < 1.29 is 0 Å². The van der Waals surface area contributed by atoms with Gasteiger partial charge in [-0.15, -0.1) is 0 Å². The molecule has 2 aromatic rings. The summed E-state index contributed by atoms with van der Waals surface area (Å²) in [6.45, 7) is 3.16. The van der Waals surface area contributed by atoms with Gasteiger partial charge >= 0.3 is 0 Å². The van der Waals surface area contributed by atoms with Gasteiger partial charge in [0.1, 0.15) is 5.82 Å². The van der Waals surface area contributed by atoms with Crippen molar-refractivity contribution in [3.8, 4) is 11.4 Å². The van der Waals surface area contributed by atoms with Gasteiger partial charge in [-0.2, -0.15) is 5.10 Å². The average molecular weight is 271 g/mol. The largest absolute Gasteiger partial charge is 0.296 e. The van der Waals surface area contributed by atoms with Crippen LogP contribution in [0.25, 0.3) is 11.4 Å². The third-order valence-corrected chi connectivity index (χ3v) is 4.02. The molecule has 0 radical (unpaired) electrons. The van der Waals surface area contributed by atoms with Crippen LogP contribution in [0.4, 0.5) is 0 Å². The number of aryl methyl sites for hydroxylation is 2. The Balaban J connectivity index is 2.00. The highest BCUT2D eigenvalue weighted by atomic mass is 15.3. The van der Waals surface area contributed by atoms with Crippen molar-refractivity contribution in [1.29, 1.82) is 0 Å². The lowest BCUT2D eigenvalue weighted by Gasteiger charge is -2.31. The van der Waals surface area contributed by atoms with Gasteiger partial charge in [0.25, 0.3) is 0 Å². The maximum atomic E-state index is 4.80. The maximum absolute atomic E-state index is 4.80. The molecule has 1 aliphatic heterocycles. The smallest absolute Gasteiger partial charge is 0.146 e. The summed E-state index contributed by atoms with van der Waals surface area (Å²) in [6, 6.07) is 4.37. The summed E-state index contributed by atoms with van der Waals surface area (Å²) in [6.07, 6.45) is 5.48. The fourth-order valence-electron chi connectivity index (χ4n) is 2.90. The van der Waals surface area contributed by atoms with Crippen LogP contribution in [-0.2, 0) is 7.05 Å². The van der Waals surface area contributed by atoms with E-state index < -0.39 is 0 Å². The van der Waals surface area contributed by atoms with E-state index in [1.165, 1.54) is 12.8 Å². The molecule has 0 unspecified atom stereocenters. The van der Waals surface area contributed by atoms with E-state index in [1.54, 1.807) is 6.20 Å². The van der Waals surface area contributed by atoms with Crippen LogP contribution in [0.3, 0.4) is 0 Å². The van der Waals surface area contributed by atoms with Gasteiger partial charge in [-0.05, 0) is 45.5 Å². The third-order valence-electron chi connectivity index (χ3n) is 4.02. The van der Waals surface area contributed by atoms with Crippen molar-refractivity contribution in [3.05, 3.63) is 29.8 Å². The van der Waals surface area contributed by atoms with Crippen molar-refractivity contribution in [3.63, 3.8) is 0 Å². The van der Waals surface area contributed by atoms with E-state index in [0.29, 0.717) is 6.04 Å². The predicted octanol–water partition coefficient (Wildman–Crippen LogP) is 2.34. The Bertz CT molecular complexity index is 604. The molecule has 106 valence electrons. The summed E-state index contributed by atoms with van der Waals surface area (Å²) in [5.74, 6) is 0.948. The molecule has 20 heavy (non-hydrogen) atoms. The SMILES string of the molecule is Cc1cc(-c2ccnn2C)nc([C@@H]2CCCCN2C)n1. The Kier molecular flexibility index (Phi) is 3.53. The minimum Gasteiger partial charge on any atom is -0.296 e. The second-order valence-corrected chi connectivity index (χ2v) is 5.59. The van der Waals surface area contributed by atoms with Gasteiger partial charge in [0, 0.05) is 18.9 Å². The topological polar surface area (TPSA) is 46.8 Å². The minimum absolute atomic E-state index is 0.343. The molecule has 5 heteroatoms. The Morgan fingerprint density at radius 2 is 2.05 bits per heavy atom. The van der Waals surface area contributed by atoms with Crippen LogP contribution in [-0.4, -0.2) is 38.2 Å². The first kappa shape index (κ1) is 13.2. The van der Waals surface area contributed by atoms with Gasteiger partial charge in [-0.3, -0.25) is 9.58 Å². The molecule has 3 heterocycles. The number of nitrogens with zero attached hydrogens (tertiary/aromatic N) is 5. The number of hydrogen-bond donors (Lipinski definition) is 0. The fourth-order valence-corrected chi connectivity index (χ4v) is 2.90. The third kappa shape index (κ3) is 2.45. The summed E-state index contributed by atoms with van der Waals surface area (Å²) < 4.78 is 1.86. The Labute approximate surface area is 119 Å². The summed E-state index contributed by atoms with van der Waals surface area (Å²) in [7, 11) is 4.11. The van der Waals surface area contributed by atoms with Crippen molar-refractivity contribution in [2.75, 3.05) is 13.6 Å². The van der Waals surface area contributed by atoms with Gasteiger partial charge in [0.15, 0.2) is 0 Å². The molecule has 1 aliphatic rings. The molecule has 5 nitrogen and oxygen atoms in total. The maximum Gasteiger partial charge on any atom is 0.146 e. The number of hydrogen-bond acceptors (Lipinski definition) is 4. The standard InChI is InChI=1S/C15H21N5/c1-11-10-12(13-7-8-16-20(13)3)18-15(17-11)14-6-4-5-9-19(14)2/h7-8,10,14H,4-6,9H2,1-3H3/t14-/m0/s1. The molecule has 0 amide bonds. The van der Waals surface area contributed by atoms with E-state index >= 15 is 0 Å². The molecule has 0 bridgehead atoms. The summed E-state index contributed by atoms with van der Waals surface area (Å²) >= 11 is 0. The van der Waals surface area contributed by atoms with Crippen LogP contribution in [0, 0.1) is 6.92 Å². The zero-order chi connectivity index (χ0) is 14.1. The van der Waals surface area contributed by atoms with Gasteiger partial charge in [-0.1, -0.05) is 6.42 Å². The number of aromatic nitrogens is 4. The van der Waals surface area contributed by atoms with E-state index in [0.717, 1.165) is 35.9 Å². The molecule has 0 spiro atoms. The highest BCUT2D eigenvalue weighted by Gasteiger charge is 2.24. The van der Waals surface area contributed by atoms with Crippen molar-refractivity contribution in [1.82, 2.24) is 24.6 Å². The molecule has 1 saturated heterocycles. The minimum atomic E-state index is 0.343. The summed E-state index contributed by atoms with van der Waals surface area (Å²) in [4.78, 5) is 11.8. The summed E-state index contributed by atoms with van der Waals surface area (Å²) in [5.41, 5.74) is 3.02. The molecule has 1 fully saturated rings. The van der Waals surface area contributed by atoms with Gasteiger partial charge in [0.05, 0.1) is 17.4 Å². The second-order valence-electron chi connectivity index (χ2n) is 5.59. The van der Waals surface area contributed by atoms with E-state index in [4.69, 9.17) is 4.98 Å². The van der Waals surface area contributed by atoms with Crippen molar-refractivity contribution in [2.24, 2.45) is 7.05 Å². The average Bonchev–Trinajstić information content (AvgIpc) is 2.85. The van der Waals surface area contributed by atoms with Crippen LogP contribution >= 0.6 is 0 Å². The van der Waals surface area contributed by atoms with Gasteiger partial charge in [0.2, 0.25) is 0 Å².